The molecule has 27 heavy (non-hydrogen) atoms. The molecule has 1 fully saturated rings. The molecule has 1 aliphatic rings. The number of hydrogen-bond donors (Lipinski definition) is 2. The molecule has 1 aromatic carbocycles. The number of hydrogen-bond acceptors (Lipinski definition) is 7. The number of nitrogens with zero attached hydrogens (tertiary/aromatic N) is 3. The van der Waals surface area contributed by atoms with Crippen LogP contribution >= 0.6 is 0 Å². The van der Waals surface area contributed by atoms with E-state index < -0.39 is 0 Å². The molecule has 1 atom stereocenters. The molecule has 0 radical (unpaired) electrons. The van der Waals surface area contributed by atoms with Gasteiger partial charge in [-0.15, -0.1) is 0 Å². The molecule has 8 nitrogen and oxygen atoms in total. The van der Waals surface area contributed by atoms with Gasteiger partial charge in [-0.3, -0.25) is 4.79 Å². The van der Waals surface area contributed by atoms with Gasteiger partial charge >= 0.3 is 0 Å². The van der Waals surface area contributed by atoms with Crippen molar-refractivity contribution in [3.8, 4) is 5.75 Å². The zero-order valence-corrected chi connectivity index (χ0v) is 15.9. The normalized spacial score (nSPS) is 17.3. The van der Waals surface area contributed by atoms with E-state index in [4.69, 9.17) is 15.2 Å². The third-order valence-corrected chi connectivity index (χ3v) is 4.57. The van der Waals surface area contributed by atoms with Gasteiger partial charge in [-0.1, -0.05) is 0 Å². The number of nitrogens with two attached hydrogens (primary N) is 1. The summed E-state index contributed by atoms with van der Waals surface area (Å²) in [4.78, 5) is 22.9. The minimum Gasteiger partial charge on any atom is -0.496 e. The van der Waals surface area contributed by atoms with Crippen molar-refractivity contribution in [1.82, 2.24) is 15.3 Å². The first-order chi connectivity index (χ1) is 13.0. The molecule has 0 bridgehead atoms. The molecule has 3 N–H and O–H groups in total. The van der Waals surface area contributed by atoms with E-state index in [0.717, 1.165) is 30.0 Å². The lowest BCUT2D eigenvalue weighted by Gasteiger charge is -2.32. The standard InChI is InChI=1S/C19H25N5O3/c1-12-9-17(23-19(20)22-12)24-7-4-8-27-11-15(24)14-10-13(18(25)21-2)5-6-16(14)26-3/h5-6,9-10,15H,4,7-8,11H2,1-3H3,(H,21,25)(H2,20,22,23)/t15-/m1/s1. The highest BCUT2D eigenvalue weighted by Gasteiger charge is 2.28. The number of benzene rings is 1. The number of aromatic nitrogens is 2. The molecule has 0 spiro atoms. The van der Waals surface area contributed by atoms with Gasteiger partial charge in [0.05, 0.1) is 19.8 Å². The Morgan fingerprint density at radius 3 is 2.89 bits per heavy atom. The first-order valence-electron chi connectivity index (χ1n) is 8.89. The number of aryl methyl sites for hydroxylation is 1. The minimum absolute atomic E-state index is 0.151. The van der Waals surface area contributed by atoms with Gasteiger partial charge in [-0.25, -0.2) is 4.98 Å². The number of methoxy groups -OCH3 is 1. The topological polar surface area (TPSA) is 103 Å². The summed E-state index contributed by atoms with van der Waals surface area (Å²) in [6.07, 6.45) is 0.858. The van der Waals surface area contributed by atoms with Gasteiger partial charge in [-0.05, 0) is 31.5 Å². The minimum atomic E-state index is -0.166. The number of ether oxygens (including phenoxy) is 2. The highest BCUT2D eigenvalue weighted by atomic mass is 16.5. The lowest BCUT2D eigenvalue weighted by atomic mass is 10.0. The summed E-state index contributed by atoms with van der Waals surface area (Å²) in [5, 5.41) is 2.66. The zero-order chi connectivity index (χ0) is 19.4. The molecule has 2 heterocycles. The molecule has 2 aromatic rings. The van der Waals surface area contributed by atoms with E-state index in [1.807, 2.05) is 25.1 Å². The lowest BCUT2D eigenvalue weighted by molar-refractivity contribution is 0.0962. The number of rotatable bonds is 4. The summed E-state index contributed by atoms with van der Waals surface area (Å²) in [5.74, 6) is 1.52. The Hall–Kier alpha value is -2.87. The van der Waals surface area contributed by atoms with Crippen LogP contribution in [0.1, 0.15) is 34.1 Å². The van der Waals surface area contributed by atoms with Crippen molar-refractivity contribution in [2.24, 2.45) is 0 Å². The summed E-state index contributed by atoms with van der Waals surface area (Å²) in [7, 11) is 3.23. The van der Waals surface area contributed by atoms with Gasteiger partial charge in [0, 0.05) is 43.1 Å². The summed E-state index contributed by atoms with van der Waals surface area (Å²) in [6.45, 7) is 3.74. The van der Waals surface area contributed by atoms with Crippen LogP contribution in [-0.4, -0.2) is 49.8 Å². The van der Waals surface area contributed by atoms with Crippen molar-refractivity contribution in [1.29, 1.82) is 0 Å². The van der Waals surface area contributed by atoms with E-state index >= 15 is 0 Å². The van der Waals surface area contributed by atoms with Crippen molar-refractivity contribution in [2.75, 3.05) is 44.5 Å². The number of nitrogen functional groups attached to an aromatic ring is 1. The monoisotopic (exact) mass is 371 g/mol. The van der Waals surface area contributed by atoms with Crippen molar-refractivity contribution < 1.29 is 14.3 Å². The van der Waals surface area contributed by atoms with Crippen LogP contribution in [0.15, 0.2) is 24.3 Å². The number of carbonyl (C=O) groups excluding carboxylic acids is 1. The fourth-order valence-corrected chi connectivity index (χ4v) is 3.31. The number of amides is 1. The second-order valence-electron chi connectivity index (χ2n) is 6.40. The fraction of sp³-hybridized carbons (Fsp3) is 0.421. The largest absolute Gasteiger partial charge is 0.496 e. The molecule has 8 heteroatoms. The van der Waals surface area contributed by atoms with Crippen LogP contribution in [0.5, 0.6) is 5.75 Å². The van der Waals surface area contributed by atoms with Gasteiger partial charge in [0.1, 0.15) is 11.6 Å². The fourth-order valence-electron chi connectivity index (χ4n) is 3.31. The van der Waals surface area contributed by atoms with Gasteiger partial charge in [0.2, 0.25) is 5.95 Å². The van der Waals surface area contributed by atoms with Crippen molar-refractivity contribution in [3.05, 3.63) is 41.1 Å². The molecular weight excluding hydrogens is 346 g/mol. The van der Waals surface area contributed by atoms with Crippen LogP contribution in [0.3, 0.4) is 0 Å². The van der Waals surface area contributed by atoms with E-state index in [1.165, 1.54) is 0 Å². The second kappa shape index (κ2) is 8.22. The molecule has 3 rings (SSSR count). The second-order valence-corrected chi connectivity index (χ2v) is 6.40. The van der Waals surface area contributed by atoms with Gasteiger partial charge < -0.3 is 25.4 Å². The van der Waals surface area contributed by atoms with Crippen LogP contribution in [0, 0.1) is 6.92 Å². The van der Waals surface area contributed by atoms with Gasteiger partial charge in [0.15, 0.2) is 0 Å². The van der Waals surface area contributed by atoms with Crippen LogP contribution in [-0.2, 0) is 4.74 Å². The van der Waals surface area contributed by atoms with Gasteiger partial charge in [0.25, 0.3) is 5.91 Å². The maximum absolute atomic E-state index is 12.1. The smallest absolute Gasteiger partial charge is 0.251 e. The molecule has 0 unspecified atom stereocenters. The van der Waals surface area contributed by atoms with Crippen molar-refractivity contribution in [3.63, 3.8) is 0 Å². The van der Waals surface area contributed by atoms with Crippen LogP contribution in [0.4, 0.5) is 11.8 Å². The van der Waals surface area contributed by atoms with E-state index in [9.17, 15) is 4.79 Å². The third-order valence-electron chi connectivity index (χ3n) is 4.57. The van der Waals surface area contributed by atoms with Crippen molar-refractivity contribution >= 4 is 17.7 Å². The van der Waals surface area contributed by atoms with E-state index in [0.29, 0.717) is 24.5 Å². The molecule has 1 saturated heterocycles. The van der Waals surface area contributed by atoms with E-state index in [-0.39, 0.29) is 17.9 Å². The van der Waals surface area contributed by atoms with E-state index in [2.05, 4.69) is 20.2 Å². The third kappa shape index (κ3) is 4.11. The molecule has 1 aromatic heterocycles. The zero-order valence-electron chi connectivity index (χ0n) is 15.9. The van der Waals surface area contributed by atoms with Crippen molar-refractivity contribution in [2.45, 2.75) is 19.4 Å². The number of nitrogens with one attached hydrogen (secondary N) is 1. The Kier molecular flexibility index (Phi) is 5.75. The SMILES string of the molecule is CNC(=O)c1ccc(OC)c([C@H]2COCCCN2c2cc(C)nc(N)n2)c1. The quantitative estimate of drug-likeness (QED) is 0.843. The van der Waals surface area contributed by atoms with Gasteiger partial charge in [-0.2, -0.15) is 4.98 Å². The van der Waals surface area contributed by atoms with Crippen LogP contribution < -0.4 is 20.7 Å². The van der Waals surface area contributed by atoms with Crippen LogP contribution in [0.25, 0.3) is 0 Å². The maximum atomic E-state index is 12.1. The average Bonchev–Trinajstić information content (AvgIpc) is 2.92. The molecule has 1 aliphatic heterocycles. The summed E-state index contributed by atoms with van der Waals surface area (Å²) in [5.41, 5.74) is 8.10. The molecule has 0 aliphatic carbocycles. The number of anilines is 2. The Balaban J connectivity index is 2.09. The highest BCUT2D eigenvalue weighted by molar-refractivity contribution is 5.94. The molecule has 1 amide bonds. The average molecular weight is 371 g/mol. The summed E-state index contributed by atoms with van der Waals surface area (Å²) in [6, 6.07) is 7.14. The molecule has 0 saturated carbocycles. The predicted molar refractivity (Wildman–Crippen MR) is 103 cm³/mol. The molecule has 144 valence electrons. The summed E-state index contributed by atoms with van der Waals surface area (Å²) < 4.78 is 11.4. The summed E-state index contributed by atoms with van der Waals surface area (Å²) >= 11 is 0. The maximum Gasteiger partial charge on any atom is 0.251 e. The highest BCUT2D eigenvalue weighted by Crippen LogP contribution is 2.35. The predicted octanol–water partition coefficient (Wildman–Crippen LogP) is 1.70. The first-order valence-corrected chi connectivity index (χ1v) is 8.89. The lowest BCUT2D eigenvalue weighted by Crippen LogP contribution is -2.32. The van der Waals surface area contributed by atoms with Crippen LogP contribution in [0.2, 0.25) is 0 Å². The Labute approximate surface area is 158 Å². The Morgan fingerprint density at radius 2 is 2.19 bits per heavy atom. The first kappa shape index (κ1) is 18.9. The Bertz CT molecular complexity index is 807. The van der Waals surface area contributed by atoms with E-state index in [1.54, 1.807) is 20.2 Å². The number of carbonyl (C=O) groups is 1. The molecular formula is C19H25N5O3. The Morgan fingerprint density at radius 1 is 1.37 bits per heavy atom.